The van der Waals surface area contributed by atoms with Gasteiger partial charge in [0.05, 0.1) is 24.0 Å². The van der Waals surface area contributed by atoms with Crippen molar-refractivity contribution in [3.63, 3.8) is 0 Å². The predicted octanol–water partition coefficient (Wildman–Crippen LogP) is 2.43. The van der Waals surface area contributed by atoms with E-state index in [9.17, 15) is 4.79 Å². The zero-order valence-electron chi connectivity index (χ0n) is 13.2. The number of rotatable bonds is 5. The van der Waals surface area contributed by atoms with Crippen LogP contribution in [-0.4, -0.2) is 40.6 Å². The van der Waals surface area contributed by atoms with Gasteiger partial charge in [-0.25, -0.2) is 0 Å². The third-order valence-electron chi connectivity index (χ3n) is 4.32. The monoisotopic (exact) mass is 310 g/mol. The minimum absolute atomic E-state index is 0.0992. The smallest absolute Gasteiger partial charge is 0.253 e. The van der Waals surface area contributed by atoms with Gasteiger partial charge >= 0.3 is 0 Å². The Morgan fingerprint density at radius 3 is 2.57 bits per heavy atom. The summed E-state index contributed by atoms with van der Waals surface area (Å²) < 4.78 is 0. The molecule has 0 spiro atoms. The Bertz CT molecular complexity index is 611. The minimum atomic E-state index is -0.0992. The van der Waals surface area contributed by atoms with Crippen LogP contribution in [0.3, 0.4) is 0 Å². The number of aromatic nitrogens is 2. The lowest BCUT2D eigenvalue weighted by Gasteiger charge is -2.35. The summed E-state index contributed by atoms with van der Waals surface area (Å²) in [5.41, 5.74) is 1.80. The molecule has 23 heavy (non-hydrogen) atoms. The van der Waals surface area contributed by atoms with Crippen LogP contribution in [0.4, 0.5) is 0 Å². The van der Waals surface area contributed by atoms with E-state index in [1.807, 2.05) is 6.07 Å². The van der Waals surface area contributed by atoms with Crippen LogP contribution < -0.4 is 5.32 Å². The number of piperidine rings is 1. The van der Waals surface area contributed by atoms with Crippen molar-refractivity contribution >= 4 is 5.91 Å². The first-order valence-corrected chi connectivity index (χ1v) is 8.18. The number of hydrogen-bond acceptors (Lipinski definition) is 4. The summed E-state index contributed by atoms with van der Waals surface area (Å²) in [6.07, 6.45) is 6.78. The van der Waals surface area contributed by atoms with Crippen LogP contribution in [0, 0.1) is 0 Å². The second-order valence-electron chi connectivity index (χ2n) is 5.86. The maximum atomic E-state index is 12.3. The fourth-order valence-corrected chi connectivity index (χ4v) is 3.08. The number of nitrogens with one attached hydrogen (secondary N) is 1. The summed E-state index contributed by atoms with van der Waals surface area (Å²) >= 11 is 0. The first kappa shape index (κ1) is 15.6. The maximum Gasteiger partial charge on any atom is 0.253 e. The van der Waals surface area contributed by atoms with E-state index in [0.29, 0.717) is 12.1 Å². The molecule has 120 valence electrons. The molecule has 0 unspecified atom stereocenters. The highest BCUT2D eigenvalue weighted by atomic mass is 16.1. The second kappa shape index (κ2) is 7.83. The van der Waals surface area contributed by atoms with Gasteiger partial charge in [-0.15, -0.1) is 0 Å². The Kier molecular flexibility index (Phi) is 5.32. The average Bonchev–Trinajstić information content (AvgIpc) is 2.64. The van der Waals surface area contributed by atoms with Crippen LogP contribution in [0.15, 0.2) is 48.8 Å². The van der Waals surface area contributed by atoms with Crippen LogP contribution in [0.1, 0.15) is 41.2 Å². The standard InChI is InChI=1S/C18H22N4O/c23-18(16-9-10-20-21-13-16)19-14-17(15-7-3-1-4-8-15)22-11-5-2-6-12-22/h1,3-4,7-10,13,17H,2,5-6,11-12,14H2,(H,19,23)/t17-/m1/s1. The molecule has 5 heteroatoms. The van der Waals surface area contributed by atoms with Crippen molar-refractivity contribution in [3.8, 4) is 0 Å². The molecule has 1 saturated heterocycles. The van der Waals surface area contributed by atoms with E-state index in [1.54, 1.807) is 6.07 Å². The highest BCUT2D eigenvalue weighted by molar-refractivity contribution is 5.93. The van der Waals surface area contributed by atoms with Crippen molar-refractivity contribution in [3.05, 3.63) is 59.9 Å². The Morgan fingerprint density at radius 2 is 1.87 bits per heavy atom. The van der Waals surface area contributed by atoms with Gasteiger partial charge in [-0.1, -0.05) is 36.8 Å². The van der Waals surface area contributed by atoms with Crippen molar-refractivity contribution in [2.75, 3.05) is 19.6 Å². The molecule has 1 amide bonds. The average molecular weight is 310 g/mol. The van der Waals surface area contributed by atoms with Crippen molar-refractivity contribution in [1.82, 2.24) is 20.4 Å². The van der Waals surface area contributed by atoms with Gasteiger partial charge in [-0.3, -0.25) is 9.69 Å². The van der Waals surface area contributed by atoms with Gasteiger partial charge in [0.15, 0.2) is 0 Å². The largest absolute Gasteiger partial charge is 0.350 e. The van der Waals surface area contributed by atoms with Crippen LogP contribution in [-0.2, 0) is 0 Å². The molecular weight excluding hydrogens is 288 g/mol. The van der Waals surface area contributed by atoms with Crippen molar-refractivity contribution in [2.45, 2.75) is 25.3 Å². The van der Waals surface area contributed by atoms with E-state index >= 15 is 0 Å². The molecule has 1 N–H and O–H groups in total. The normalized spacial score (nSPS) is 16.7. The molecule has 1 atom stereocenters. The molecule has 3 rings (SSSR count). The lowest BCUT2D eigenvalue weighted by atomic mass is 10.0. The summed E-state index contributed by atoms with van der Waals surface area (Å²) in [7, 11) is 0. The summed E-state index contributed by atoms with van der Waals surface area (Å²) in [6.45, 7) is 2.78. The molecule has 1 aromatic heterocycles. The Morgan fingerprint density at radius 1 is 1.09 bits per heavy atom. The highest BCUT2D eigenvalue weighted by Crippen LogP contribution is 2.24. The van der Waals surface area contributed by atoms with Crippen LogP contribution in [0.2, 0.25) is 0 Å². The SMILES string of the molecule is O=C(NC[C@H](c1ccccc1)N1CCCCC1)c1ccnnc1. The Hall–Kier alpha value is -2.27. The minimum Gasteiger partial charge on any atom is -0.350 e. The molecule has 1 aliphatic heterocycles. The fourth-order valence-electron chi connectivity index (χ4n) is 3.08. The number of carbonyl (C=O) groups is 1. The lowest BCUT2D eigenvalue weighted by Crippen LogP contribution is -2.40. The Labute approximate surface area is 136 Å². The number of nitrogens with zero attached hydrogens (tertiary/aromatic N) is 3. The first-order valence-electron chi connectivity index (χ1n) is 8.18. The summed E-state index contributed by atoms with van der Waals surface area (Å²) in [5.74, 6) is -0.0992. The quantitative estimate of drug-likeness (QED) is 0.921. The summed E-state index contributed by atoms with van der Waals surface area (Å²) in [5, 5.41) is 10.5. The van der Waals surface area contributed by atoms with Gasteiger partial charge in [0.2, 0.25) is 0 Å². The number of benzene rings is 1. The predicted molar refractivity (Wildman–Crippen MR) is 89.0 cm³/mol. The van der Waals surface area contributed by atoms with Gasteiger partial charge < -0.3 is 5.32 Å². The molecule has 2 aromatic rings. The van der Waals surface area contributed by atoms with E-state index in [2.05, 4.69) is 44.7 Å². The molecule has 0 radical (unpaired) electrons. The highest BCUT2D eigenvalue weighted by Gasteiger charge is 2.22. The third kappa shape index (κ3) is 4.13. The van der Waals surface area contributed by atoms with Crippen molar-refractivity contribution in [1.29, 1.82) is 0 Å². The van der Waals surface area contributed by atoms with Gasteiger partial charge in [0, 0.05) is 6.54 Å². The van der Waals surface area contributed by atoms with E-state index in [0.717, 1.165) is 13.1 Å². The van der Waals surface area contributed by atoms with Gasteiger partial charge in [0.1, 0.15) is 0 Å². The van der Waals surface area contributed by atoms with Gasteiger partial charge in [-0.2, -0.15) is 10.2 Å². The third-order valence-corrected chi connectivity index (χ3v) is 4.32. The van der Waals surface area contributed by atoms with E-state index in [1.165, 1.54) is 37.2 Å². The molecular formula is C18H22N4O. The topological polar surface area (TPSA) is 58.1 Å². The molecule has 0 bridgehead atoms. The maximum absolute atomic E-state index is 12.3. The molecule has 0 aliphatic carbocycles. The van der Waals surface area contributed by atoms with Gasteiger partial charge in [-0.05, 0) is 37.6 Å². The van der Waals surface area contributed by atoms with Crippen LogP contribution >= 0.6 is 0 Å². The molecule has 2 heterocycles. The van der Waals surface area contributed by atoms with Crippen LogP contribution in [0.25, 0.3) is 0 Å². The van der Waals surface area contributed by atoms with Gasteiger partial charge in [0.25, 0.3) is 5.91 Å². The first-order chi connectivity index (χ1) is 11.3. The Balaban J connectivity index is 1.70. The zero-order valence-corrected chi connectivity index (χ0v) is 13.2. The van der Waals surface area contributed by atoms with E-state index in [-0.39, 0.29) is 11.9 Å². The van der Waals surface area contributed by atoms with Crippen LogP contribution in [0.5, 0.6) is 0 Å². The molecule has 1 fully saturated rings. The molecule has 1 aromatic carbocycles. The summed E-state index contributed by atoms with van der Waals surface area (Å²) in [4.78, 5) is 14.7. The molecule has 0 saturated carbocycles. The second-order valence-corrected chi connectivity index (χ2v) is 5.86. The number of amides is 1. The molecule has 1 aliphatic rings. The van der Waals surface area contributed by atoms with E-state index < -0.39 is 0 Å². The lowest BCUT2D eigenvalue weighted by molar-refractivity contribution is 0.0924. The van der Waals surface area contributed by atoms with Crippen molar-refractivity contribution in [2.24, 2.45) is 0 Å². The molecule has 5 nitrogen and oxygen atoms in total. The number of likely N-dealkylation sites (tertiary alicyclic amines) is 1. The number of carbonyl (C=O) groups excluding carboxylic acids is 1. The van der Waals surface area contributed by atoms with E-state index in [4.69, 9.17) is 0 Å². The fraction of sp³-hybridized carbons (Fsp3) is 0.389. The number of hydrogen-bond donors (Lipinski definition) is 1. The summed E-state index contributed by atoms with van der Waals surface area (Å²) in [6, 6.07) is 12.3. The zero-order chi connectivity index (χ0) is 15.9. The van der Waals surface area contributed by atoms with Crippen molar-refractivity contribution < 1.29 is 4.79 Å².